The number of hydrogen-bond donors (Lipinski definition) is 0. The van der Waals surface area contributed by atoms with Crippen LogP contribution in [0.1, 0.15) is 20.3 Å². The Morgan fingerprint density at radius 1 is 1.33 bits per heavy atom. The lowest BCUT2D eigenvalue weighted by atomic mass is 10.2. The highest BCUT2D eigenvalue weighted by Crippen LogP contribution is 2.32. The molecule has 0 saturated heterocycles. The third kappa shape index (κ3) is 2.90. The van der Waals surface area contributed by atoms with E-state index in [9.17, 15) is 9.00 Å². The van der Waals surface area contributed by atoms with Gasteiger partial charge in [-0.05, 0) is 19.1 Å². The molecule has 0 radical (unpaired) electrons. The molecule has 4 nitrogen and oxygen atoms in total. The highest BCUT2D eigenvalue weighted by Gasteiger charge is 2.18. The summed E-state index contributed by atoms with van der Waals surface area (Å²) in [6, 6.07) is 5.27. The van der Waals surface area contributed by atoms with E-state index in [-0.39, 0.29) is 11.0 Å². The lowest BCUT2D eigenvalue weighted by Crippen LogP contribution is -2.17. The maximum Gasteiger partial charge on any atom is 0.162 e. The minimum absolute atomic E-state index is 0.0494. The Bertz CT molecular complexity index is 484. The molecule has 1 aliphatic heterocycles. The Morgan fingerprint density at radius 2 is 2.00 bits per heavy atom. The van der Waals surface area contributed by atoms with Crippen LogP contribution in [-0.2, 0) is 15.6 Å². The molecule has 2 unspecified atom stereocenters. The molecule has 0 amide bonds. The molecule has 1 aromatic carbocycles. The second kappa shape index (κ2) is 5.52. The summed E-state index contributed by atoms with van der Waals surface area (Å²) in [5, 5.41) is -0.190. The van der Waals surface area contributed by atoms with Crippen molar-refractivity contribution in [3.63, 3.8) is 0 Å². The second-order valence-electron chi connectivity index (χ2n) is 4.32. The average molecular weight is 268 g/mol. The van der Waals surface area contributed by atoms with Gasteiger partial charge in [0.1, 0.15) is 19.0 Å². The average Bonchev–Trinajstić information content (AvgIpc) is 2.36. The first-order valence-corrected chi connectivity index (χ1v) is 7.09. The van der Waals surface area contributed by atoms with Gasteiger partial charge in [0.05, 0.1) is 10.8 Å². The molecule has 0 spiro atoms. The molecule has 0 aromatic heterocycles. The van der Waals surface area contributed by atoms with E-state index in [1.54, 1.807) is 18.2 Å². The summed E-state index contributed by atoms with van der Waals surface area (Å²) < 4.78 is 23.1. The highest BCUT2D eigenvalue weighted by molar-refractivity contribution is 7.85. The fourth-order valence-electron chi connectivity index (χ4n) is 1.86. The number of rotatable bonds is 4. The van der Waals surface area contributed by atoms with Crippen LogP contribution in [0.4, 0.5) is 0 Å². The first-order valence-electron chi connectivity index (χ1n) is 5.87. The van der Waals surface area contributed by atoms with Crippen LogP contribution < -0.4 is 9.47 Å². The van der Waals surface area contributed by atoms with Gasteiger partial charge >= 0.3 is 0 Å². The third-order valence-corrected chi connectivity index (χ3v) is 4.30. The second-order valence-corrected chi connectivity index (χ2v) is 6.19. The van der Waals surface area contributed by atoms with Crippen molar-refractivity contribution < 1.29 is 18.5 Å². The van der Waals surface area contributed by atoms with E-state index in [1.807, 2.05) is 6.92 Å². The van der Waals surface area contributed by atoms with Gasteiger partial charge in [0.15, 0.2) is 11.5 Å². The van der Waals surface area contributed by atoms with Gasteiger partial charge in [-0.3, -0.25) is 9.00 Å². The first-order chi connectivity index (χ1) is 8.58. The van der Waals surface area contributed by atoms with Crippen molar-refractivity contribution in [2.75, 3.05) is 13.2 Å². The van der Waals surface area contributed by atoms with Gasteiger partial charge in [-0.1, -0.05) is 6.92 Å². The molecular weight excluding hydrogens is 252 g/mol. The Morgan fingerprint density at radius 3 is 2.67 bits per heavy atom. The van der Waals surface area contributed by atoms with Crippen LogP contribution in [0.2, 0.25) is 0 Å². The molecule has 0 aliphatic carbocycles. The minimum atomic E-state index is -1.20. The van der Waals surface area contributed by atoms with Gasteiger partial charge in [0, 0.05) is 22.6 Å². The number of ether oxygens (including phenoxy) is 2. The monoisotopic (exact) mass is 268 g/mol. The summed E-state index contributed by atoms with van der Waals surface area (Å²) in [4.78, 5) is 11.7. The van der Waals surface area contributed by atoms with Crippen LogP contribution >= 0.6 is 0 Å². The van der Waals surface area contributed by atoms with Gasteiger partial charge in [0.2, 0.25) is 0 Å². The maximum absolute atomic E-state index is 12.2. The fourth-order valence-corrected chi connectivity index (χ4v) is 3.14. The lowest BCUT2D eigenvalue weighted by molar-refractivity contribution is -0.116. The molecule has 0 fully saturated rings. The number of hydrogen-bond acceptors (Lipinski definition) is 4. The maximum atomic E-state index is 12.2. The number of benzene rings is 1. The summed E-state index contributed by atoms with van der Waals surface area (Å²) in [6.45, 7) is 4.37. The number of carbonyl (C=O) groups excluding carboxylic acids is 1. The standard InChI is InChI=1S/C13H16O4S/c1-9(14)7-10(2)18(15)11-3-4-12-13(8-11)17-6-5-16-12/h3-4,8,10H,5-7H2,1-2H3. The number of ketones is 1. The van der Waals surface area contributed by atoms with Crippen molar-refractivity contribution in [3.8, 4) is 11.5 Å². The predicted octanol–water partition coefficient (Wildman–Crippen LogP) is 1.93. The number of Topliss-reactive ketones (excluding diaryl/α,β-unsaturated/α-hetero) is 1. The Kier molecular flexibility index (Phi) is 4.01. The first kappa shape index (κ1) is 13.1. The molecule has 0 bridgehead atoms. The van der Waals surface area contributed by atoms with Crippen molar-refractivity contribution in [1.29, 1.82) is 0 Å². The molecule has 0 N–H and O–H groups in total. The van der Waals surface area contributed by atoms with E-state index in [1.165, 1.54) is 6.92 Å². The quantitative estimate of drug-likeness (QED) is 0.837. The van der Waals surface area contributed by atoms with Crippen LogP contribution in [-0.4, -0.2) is 28.5 Å². The molecule has 18 heavy (non-hydrogen) atoms. The van der Waals surface area contributed by atoms with Crippen molar-refractivity contribution in [2.45, 2.75) is 30.4 Å². The number of fused-ring (bicyclic) bond motifs is 1. The van der Waals surface area contributed by atoms with Gasteiger partial charge in [0.25, 0.3) is 0 Å². The van der Waals surface area contributed by atoms with Gasteiger partial charge in [-0.25, -0.2) is 0 Å². The van der Waals surface area contributed by atoms with Crippen molar-refractivity contribution in [3.05, 3.63) is 18.2 Å². The minimum Gasteiger partial charge on any atom is -0.486 e. The van der Waals surface area contributed by atoms with E-state index in [0.29, 0.717) is 36.0 Å². The van der Waals surface area contributed by atoms with Crippen molar-refractivity contribution in [1.82, 2.24) is 0 Å². The van der Waals surface area contributed by atoms with Crippen molar-refractivity contribution in [2.24, 2.45) is 0 Å². The van der Waals surface area contributed by atoms with E-state index >= 15 is 0 Å². The van der Waals surface area contributed by atoms with Gasteiger partial charge in [-0.15, -0.1) is 0 Å². The number of carbonyl (C=O) groups is 1. The normalized spacial score (nSPS) is 17.0. The molecule has 1 heterocycles. The zero-order chi connectivity index (χ0) is 13.1. The zero-order valence-corrected chi connectivity index (χ0v) is 11.3. The van der Waals surface area contributed by atoms with E-state index in [4.69, 9.17) is 9.47 Å². The van der Waals surface area contributed by atoms with Crippen LogP contribution in [0.3, 0.4) is 0 Å². The van der Waals surface area contributed by atoms with E-state index < -0.39 is 10.8 Å². The summed E-state index contributed by atoms with van der Waals surface area (Å²) in [7, 11) is -1.20. The Labute approximate surface area is 109 Å². The van der Waals surface area contributed by atoms with Crippen LogP contribution in [0.15, 0.2) is 23.1 Å². The molecule has 98 valence electrons. The summed E-state index contributed by atoms with van der Waals surface area (Å²) in [5.41, 5.74) is 0. The molecule has 2 atom stereocenters. The Balaban J connectivity index is 2.18. The summed E-state index contributed by atoms with van der Waals surface area (Å²) >= 11 is 0. The van der Waals surface area contributed by atoms with Crippen LogP contribution in [0.5, 0.6) is 11.5 Å². The molecule has 5 heteroatoms. The van der Waals surface area contributed by atoms with Gasteiger partial charge < -0.3 is 9.47 Å². The molecule has 0 saturated carbocycles. The molecular formula is C13H16O4S. The van der Waals surface area contributed by atoms with Crippen LogP contribution in [0.25, 0.3) is 0 Å². The van der Waals surface area contributed by atoms with Crippen molar-refractivity contribution >= 4 is 16.6 Å². The lowest BCUT2D eigenvalue weighted by Gasteiger charge is -2.19. The molecule has 1 aromatic rings. The molecule has 2 rings (SSSR count). The molecule has 1 aliphatic rings. The van der Waals surface area contributed by atoms with Crippen LogP contribution in [0, 0.1) is 0 Å². The summed E-state index contributed by atoms with van der Waals surface area (Å²) in [5.74, 6) is 1.36. The van der Waals surface area contributed by atoms with Gasteiger partial charge in [-0.2, -0.15) is 0 Å². The zero-order valence-electron chi connectivity index (χ0n) is 10.5. The van der Waals surface area contributed by atoms with E-state index in [2.05, 4.69) is 0 Å². The fraction of sp³-hybridized carbons (Fsp3) is 0.462. The highest BCUT2D eigenvalue weighted by atomic mass is 32.2. The van der Waals surface area contributed by atoms with E-state index in [0.717, 1.165) is 0 Å². The predicted molar refractivity (Wildman–Crippen MR) is 68.6 cm³/mol. The third-order valence-electron chi connectivity index (χ3n) is 2.69. The largest absolute Gasteiger partial charge is 0.486 e. The smallest absolute Gasteiger partial charge is 0.162 e. The Hall–Kier alpha value is -1.36. The topological polar surface area (TPSA) is 52.6 Å². The summed E-state index contributed by atoms with van der Waals surface area (Å²) in [6.07, 6.45) is 0.320. The SMILES string of the molecule is CC(=O)CC(C)S(=O)c1ccc2c(c1)OCCO2.